The van der Waals surface area contributed by atoms with Gasteiger partial charge in [0.05, 0.1) is 21.2 Å². The third-order valence-electron chi connectivity index (χ3n) is 3.65. The number of amides is 1. The standard InChI is InChI=1S/C18H17ClF2N2O6S/c1-23(2)30(26,27)11-7-8-13(19)12(9-11)17(25)28-10-16(24)22-14-5-3-4-6-15(14)29-18(20)21/h3-9,18H,10H2,1-2H3,(H,22,24). The second kappa shape index (κ2) is 9.83. The smallest absolute Gasteiger partial charge is 0.387 e. The van der Waals surface area contributed by atoms with E-state index < -0.39 is 35.1 Å². The lowest BCUT2D eigenvalue weighted by molar-refractivity contribution is -0.119. The Hall–Kier alpha value is -2.76. The van der Waals surface area contributed by atoms with Gasteiger partial charge in [-0.25, -0.2) is 17.5 Å². The van der Waals surface area contributed by atoms with E-state index in [0.29, 0.717) is 0 Å². The van der Waals surface area contributed by atoms with Gasteiger partial charge >= 0.3 is 12.6 Å². The first-order valence-corrected chi connectivity index (χ1v) is 10.1. The molecule has 2 aromatic carbocycles. The molecule has 12 heteroatoms. The normalized spacial score (nSPS) is 11.4. The van der Waals surface area contributed by atoms with Crippen LogP contribution in [0.4, 0.5) is 14.5 Å². The lowest BCUT2D eigenvalue weighted by Gasteiger charge is -2.13. The molecule has 0 saturated heterocycles. The third-order valence-corrected chi connectivity index (χ3v) is 5.79. The first-order chi connectivity index (χ1) is 14.0. The second-order valence-corrected chi connectivity index (χ2v) is 8.49. The average Bonchev–Trinajstić information content (AvgIpc) is 2.67. The van der Waals surface area contributed by atoms with Gasteiger partial charge in [-0.05, 0) is 30.3 Å². The molecular formula is C18H17ClF2N2O6S. The van der Waals surface area contributed by atoms with E-state index in [9.17, 15) is 26.8 Å². The van der Waals surface area contributed by atoms with Gasteiger partial charge in [0.15, 0.2) is 6.61 Å². The number of sulfonamides is 1. The van der Waals surface area contributed by atoms with Gasteiger partial charge in [0.25, 0.3) is 5.91 Å². The molecule has 0 atom stereocenters. The lowest BCUT2D eigenvalue weighted by atomic mass is 10.2. The molecule has 1 N–H and O–H groups in total. The van der Waals surface area contributed by atoms with Crippen LogP contribution in [0.15, 0.2) is 47.4 Å². The number of hydrogen-bond acceptors (Lipinski definition) is 6. The average molecular weight is 463 g/mol. The van der Waals surface area contributed by atoms with E-state index in [1.807, 2.05) is 0 Å². The third kappa shape index (κ3) is 5.88. The van der Waals surface area contributed by atoms with Crippen LogP contribution in [0, 0.1) is 0 Å². The number of esters is 1. The topological polar surface area (TPSA) is 102 Å². The first-order valence-electron chi connectivity index (χ1n) is 8.25. The fourth-order valence-electron chi connectivity index (χ4n) is 2.20. The van der Waals surface area contributed by atoms with Crippen LogP contribution in [0.5, 0.6) is 5.75 Å². The van der Waals surface area contributed by atoms with Crippen LogP contribution in [0.1, 0.15) is 10.4 Å². The number of carbonyl (C=O) groups excluding carboxylic acids is 2. The minimum atomic E-state index is -3.82. The molecule has 2 rings (SSSR count). The largest absolute Gasteiger partial charge is 0.452 e. The predicted molar refractivity (Wildman–Crippen MR) is 104 cm³/mol. The van der Waals surface area contributed by atoms with Gasteiger partial charge in [-0.15, -0.1) is 0 Å². The van der Waals surface area contributed by atoms with Crippen molar-refractivity contribution in [3.05, 3.63) is 53.1 Å². The minimum absolute atomic E-state index is 0.0454. The molecule has 0 saturated carbocycles. The highest BCUT2D eigenvalue weighted by molar-refractivity contribution is 7.89. The molecule has 2 aromatic rings. The Kier molecular flexibility index (Phi) is 7.71. The molecule has 162 valence electrons. The highest BCUT2D eigenvalue weighted by atomic mass is 35.5. The summed E-state index contributed by atoms with van der Waals surface area (Å²) in [6.07, 6.45) is 0. The molecule has 0 aliphatic rings. The molecule has 30 heavy (non-hydrogen) atoms. The molecule has 0 fully saturated rings. The number of rotatable bonds is 8. The fourth-order valence-corrected chi connectivity index (χ4v) is 3.32. The number of halogens is 3. The number of nitrogens with one attached hydrogen (secondary N) is 1. The Morgan fingerprint density at radius 2 is 1.83 bits per heavy atom. The van der Waals surface area contributed by atoms with Crippen LogP contribution in [0.25, 0.3) is 0 Å². The van der Waals surface area contributed by atoms with Crippen molar-refractivity contribution in [1.82, 2.24) is 4.31 Å². The summed E-state index contributed by atoms with van der Waals surface area (Å²) in [5, 5.41) is 2.20. The molecule has 0 bridgehead atoms. The number of anilines is 1. The number of alkyl halides is 2. The minimum Gasteiger partial charge on any atom is -0.452 e. The molecule has 0 heterocycles. The maximum absolute atomic E-state index is 12.4. The molecule has 8 nitrogen and oxygen atoms in total. The van der Waals surface area contributed by atoms with E-state index >= 15 is 0 Å². The van der Waals surface area contributed by atoms with Gasteiger partial charge in [0, 0.05) is 14.1 Å². The summed E-state index contributed by atoms with van der Waals surface area (Å²) >= 11 is 5.94. The monoisotopic (exact) mass is 462 g/mol. The number of hydrogen-bond donors (Lipinski definition) is 1. The van der Waals surface area contributed by atoms with Crippen molar-refractivity contribution < 1.29 is 36.3 Å². The SMILES string of the molecule is CN(C)S(=O)(=O)c1ccc(Cl)c(C(=O)OCC(=O)Nc2ccccc2OC(F)F)c1. The zero-order valence-electron chi connectivity index (χ0n) is 15.8. The molecule has 0 aromatic heterocycles. The molecule has 0 spiro atoms. The van der Waals surface area contributed by atoms with E-state index in [4.69, 9.17) is 16.3 Å². The van der Waals surface area contributed by atoms with Gasteiger partial charge in [-0.1, -0.05) is 23.7 Å². The van der Waals surface area contributed by atoms with Crippen molar-refractivity contribution >= 4 is 39.2 Å². The number of carbonyl (C=O) groups is 2. The quantitative estimate of drug-likeness (QED) is 0.605. The zero-order valence-corrected chi connectivity index (χ0v) is 17.3. The molecule has 0 aliphatic heterocycles. The van der Waals surface area contributed by atoms with Crippen molar-refractivity contribution in [3.63, 3.8) is 0 Å². The van der Waals surface area contributed by atoms with E-state index in [2.05, 4.69) is 10.1 Å². The fraction of sp³-hybridized carbons (Fsp3) is 0.222. The molecule has 0 unspecified atom stereocenters. The zero-order chi connectivity index (χ0) is 22.5. The maximum atomic E-state index is 12.4. The van der Waals surface area contributed by atoms with Crippen LogP contribution in [-0.2, 0) is 19.6 Å². The summed E-state index contributed by atoms with van der Waals surface area (Å²) in [6, 6.07) is 8.94. The Morgan fingerprint density at radius 3 is 2.47 bits per heavy atom. The summed E-state index contributed by atoms with van der Waals surface area (Å²) < 4.78 is 59.3. The Bertz CT molecular complexity index is 1050. The maximum Gasteiger partial charge on any atom is 0.387 e. The summed E-state index contributed by atoms with van der Waals surface area (Å²) in [6.45, 7) is -3.86. The van der Waals surface area contributed by atoms with Gasteiger partial charge in [0.2, 0.25) is 10.0 Å². The Morgan fingerprint density at radius 1 is 1.17 bits per heavy atom. The summed E-state index contributed by atoms with van der Waals surface area (Å²) in [5.41, 5.74) is -0.301. The molecule has 1 amide bonds. The molecule has 0 radical (unpaired) electrons. The van der Waals surface area contributed by atoms with Crippen LogP contribution in [-0.4, -0.2) is 51.9 Å². The number of nitrogens with zero attached hydrogens (tertiary/aromatic N) is 1. The van der Waals surface area contributed by atoms with Crippen LogP contribution >= 0.6 is 11.6 Å². The van der Waals surface area contributed by atoms with Crippen LogP contribution in [0.2, 0.25) is 5.02 Å². The Balaban J connectivity index is 2.09. The van der Waals surface area contributed by atoms with Crippen molar-refractivity contribution in [3.8, 4) is 5.75 Å². The van der Waals surface area contributed by atoms with Gasteiger partial charge in [-0.3, -0.25) is 4.79 Å². The van der Waals surface area contributed by atoms with Crippen molar-refractivity contribution in [2.75, 3.05) is 26.0 Å². The lowest BCUT2D eigenvalue weighted by Crippen LogP contribution is -2.23. The first kappa shape index (κ1) is 23.5. The summed E-state index contributed by atoms with van der Waals surface area (Å²) in [7, 11) is -1.18. The number of benzene rings is 2. The highest BCUT2D eigenvalue weighted by Gasteiger charge is 2.22. The summed E-state index contributed by atoms with van der Waals surface area (Å²) in [4.78, 5) is 24.1. The van der Waals surface area contributed by atoms with Crippen LogP contribution < -0.4 is 10.1 Å². The van der Waals surface area contributed by atoms with E-state index in [-0.39, 0.29) is 26.9 Å². The summed E-state index contributed by atoms with van der Waals surface area (Å²) in [5.74, 6) is -2.14. The van der Waals surface area contributed by atoms with Crippen LogP contribution in [0.3, 0.4) is 0 Å². The van der Waals surface area contributed by atoms with Gasteiger partial charge in [0.1, 0.15) is 5.75 Å². The number of ether oxygens (including phenoxy) is 2. The van der Waals surface area contributed by atoms with E-state index in [1.165, 1.54) is 50.5 Å². The Labute approximate surface area is 176 Å². The number of para-hydroxylation sites is 2. The van der Waals surface area contributed by atoms with Gasteiger partial charge < -0.3 is 14.8 Å². The second-order valence-electron chi connectivity index (χ2n) is 5.93. The predicted octanol–water partition coefficient (Wildman–Crippen LogP) is 2.99. The van der Waals surface area contributed by atoms with Crippen molar-refractivity contribution in [2.45, 2.75) is 11.5 Å². The van der Waals surface area contributed by atoms with Gasteiger partial charge in [-0.2, -0.15) is 8.78 Å². The highest BCUT2D eigenvalue weighted by Crippen LogP contribution is 2.26. The molecule has 0 aliphatic carbocycles. The van der Waals surface area contributed by atoms with Crippen molar-refractivity contribution in [1.29, 1.82) is 0 Å². The van der Waals surface area contributed by atoms with Crippen molar-refractivity contribution in [2.24, 2.45) is 0 Å². The van der Waals surface area contributed by atoms with E-state index in [1.54, 1.807) is 0 Å². The molecular weight excluding hydrogens is 446 g/mol. The van der Waals surface area contributed by atoms with E-state index in [0.717, 1.165) is 10.4 Å².